The van der Waals surface area contributed by atoms with Crippen molar-refractivity contribution in [3.8, 4) is 23.0 Å². The van der Waals surface area contributed by atoms with Crippen LogP contribution in [0.5, 0.6) is 23.0 Å². The van der Waals surface area contributed by atoms with E-state index >= 15 is 0 Å². The molecular formula is C31H27N3O4. The number of hydrogen-bond donors (Lipinski definition) is 1. The van der Waals surface area contributed by atoms with Gasteiger partial charge in [-0.1, -0.05) is 42.5 Å². The van der Waals surface area contributed by atoms with Gasteiger partial charge in [0.05, 0.1) is 19.7 Å². The van der Waals surface area contributed by atoms with E-state index in [0.717, 1.165) is 27.7 Å². The number of nitrogens with zero attached hydrogens (tertiary/aromatic N) is 2. The molecule has 1 N–H and O–H groups in total. The second kappa shape index (κ2) is 11.4. The van der Waals surface area contributed by atoms with Crippen LogP contribution in [-0.2, 0) is 17.6 Å². The predicted octanol–water partition coefficient (Wildman–Crippen LogP) is 6.54. The molecule has 5 rings (SSSR count). The molecule has 0 aliphatic carbocycles. The number of carbonyl (C=O) groups excluding carboxylic acids is 1. The number of benzene rings is 4. The number of ketones is 1. The maximum absolute atomic E-state index is 12.5. The van der Waals surface area contributed by atoms with Gasteiger partial charge in [-0.2, -0.15) is 0 Å². The van der Waals surface area contributed by atoms with Gasteiger partial charge in [-0.25, -0.2) is 9.97 Å². The average molecular weight is 506 g/mol. The van der Waals surface area contributed by atoms with E-state index in [0.29, 0.717) is 41.7 Å². The maximum Gasteiger partial charge on any atom is 0.162 e. The molecule has 0 aliphatic heterocycles. The van der Waals surface area contributed by atoms with Crippen molar-refractivity contribution in [3.63, 3.8) is 0 Å². The molecule has 1 aromatic heterocycles. The van der Waals surface area contributed by atoms with Gasteiger partial charge >= 0.3 is 0 Å². The summed E-state index contributed by atoms with van der Waals surface area (Å²) in [5.74, 6) is 3.39. The van der Waals surface area contributed by atoms with Crippen molar-refractivity contribution >= 4 is 28.2 Å². The third kappa shape index (κ3) is 5.90. The maximum atomic E-state index is 12.5. The number of carbonyl (C=O) groups is 1. The highest BCUT2D eigenvalue weighted by atomic mass is 16.5. The Morgan fingerprint density at radius 1 is 0.737 bits per heavy atom. The highest BCUT2D eigenvalue weighted by Crippen LogP contribution is 2.34. The lowest BCUT2D eigenvalue weighted by Crippen LogP contribution is -2.06. The van der Waals surface area contributed by atoms with Gasteiger partial charge in [0.25, 0.3) is 0 Å². The van der Waals surface area contributed by atoms with E-state index < -0.39 is 0 Å². The lowest BCUT2D eigenvalue weighted by molar-refractivity contribution is -0.117. The number of fused-ring (bicyclic) bond motifs is 1. The summed E-state index contributed by atoms with van der Waals surface area (Å²) in [5.41, 5.74) is 3.52. The van der Waals surface area contributed by atoms with Gasteiger partial charge in [-0.05, 0) is 53.6 Å². The lowest BCUT2D eigenvalue weighted by atomic mass is 10.0. The molecule has 0 aliphatic rings. The Morgan fingerprint density at radius 3 is 2.21 bits per heavy atom. The zero-order chi connectivity index (χ0) is 26.3. The van der Waals surface area contributed by atoms with Crippen LogP contribution in [0.3, 0.4) is 0 Å². The summed E-state index contributed by atoms with van der Waals surface area (Å²) in [6.45, 7) is 0. The number of hydrogen-bond acceptors (Lipinski definition) is 7. The fraction of sp³-hybridized carbons (Fsp3) is 0.129. The van der Waals surface area contributed by atoms with Crippen molar-refractivity contribution in [1.29, 1.82) is 0 Å². The fourth-order valence-corrected chi connectivity index (χ4v) is 4.19. The van der Waals surface area contributed by atoms with E-state index in [1.807, 2.05) is 91.0 Å². The summed E-state index contributed by atoms with van der Waals surface area (Å²) in [4.78, 5) is 21.3. The molecule has 38 heavy (non-hydrogen) atoms. The smallest absolute Gasteiger partial charge is 0.162 e. The summed E-state index contributed by atoms with van der Waals surface area (Å²) in [6.07, 6.45) is 2.28. The van der Waals surface area contributed by atoms with Crippen molar-refractivity contribution < 1.29 is 19.0 Å². The first-order valence-electron chi connectivity index (χ1n) is 12.2. The number of ether oxygens (including phenoxy) is 3. The highest BCUT2D eigenvalue weighted by Gasteiger charge is 2.12. The van der Waals surface area contributed by atoms with Crippen LogP contribution < -0.4 is 19.5 Å². The van der Waals surface area contributed by atoms with E-state index in [9.17, 15) is 4.79 Å². The van der Waals surface area contributed by atoms with E-state index in [1.54, 1.807) is 14.2 Å². The topological polar surface area (TPSA) is 82.6 Å². The summed E-state index contributed by atoms with van der Waals surface area (Å²) in [6, 6.07) is 28.7. The number of methoxy groups -OCH3 is 2. The Morgan fingerprint density at radius 2 is 1.45 bits per heavy atom. The molecule has 0 bridgehead atoms. The third-order valence-electron chi connectivity index (χ3n) is 6.04. The van der Waals surface area contributed by atoms with Gasteiger partial charge in [-0.15, -0.1) is 0 Å². The minimum Gasteiger partial charge on any atom is -0.493 e. The summed E-state index contributed by atoms with van der Waals surface area (Å²) in [7, 11) is 3.19. The largest absolute Gasteiger partial charge is 0.493 e. The SMILES string of the molecule is COc1cc2ncnc(Nc3ccc(Oc4cccc(CC(=O)Cc5ccccc5)c4)cc3)c2cc1OC. The number of anilines is 2. The Kier molecular flexibility index (Phi) is 7.45. The standard InChI is InChI=1S/C31H27N3O4/c1-36-29-18-27-28(19-30(29)37-2)32-20-33-31(27)34-23-11-13-25(14-12-23)38-26-10-6-9-22(17-26)16-24(35)15-21-7-4-3-5-8-21/h3-14,17-20H,15-16H2,1-2H3,(H,32,33,34). The van der Waals surface area contributed by atoms with Gasteiger partial charge < -0.3 is 19.5 Å². The molecule has 7 nitrogen and oxygen atoms in total. The Bertz CT molecular complexity index is 1550. The molecule has 0 unspecified atom stereocenters. The molecule has 4 aromatic carbocycles. The fourth-order valence-electron chi connectivity index (χ4n) is 4.19. The Labute approximate surface area is 221 Å². The van der Waals surface area contributed by atoms with E-state index in [2.05, 4.69) is 15.3 Å². The zero-order valence-electron chi connectivity index (χ0n) is 21.2. The molecule has 0 spiro atoms. The first-order chi connectivity index (χ1) is 18.6. The van der Waals surface area contributed by atoms with Crippen LogP contribution in [0.15, 0.2) is 97.3 Å². The van der Waals surface area contributed by atoms with Crippen LogP contribution in [0, 0.1) is 0 Å². The van der Waals surface area contributed by atoms with Crippen molar-refractivity contribution in [1.82, 2.24) is 9.97 Å². The minimum atomic E-state index is 0.164. The highest BCUT2D eigenvalue weighted by molar-refractivity contribution is 5.93. The van der Waals surface area contributed by atoms with Gasteiger partial charge in [0.15, 0.2) is 11.5 Å². The number of nitrogens with one attached hydrogen (secondary N) is 1. The third-order valence-corrected chi connectivity index (χ3v) is 6.04. The van der Waals surface area contributed by atoms with Crippen LogP contribution in [0.1, 0.15) is 11.1 Å². The zero-order valence-corrected chi connectivity index (χ0v) is 21.2. The van der Waals surface area contributed by atoms with Crippen LogP contribution >= 0.6 is 0 Å². The summed E-state index contributed by atoms with van der Waals surface area (Å²) in [5, 5.41) is 4.15. The number of aromatic nitrogens is 2. The van der Waals surface area contributed by atoms with E-state index in [4.69, 9.17) is 14.2 Å². The summed E-state index contributed by atoms with van der Waals surface area (Å²) < 4.78 is 16.9. The Hall–Kier alpha value is -4.91. The van der Waals surface area contributed by atoms with E-state index in [-0.39, 0.29) is 5.78 Å². The summed E-state index contributed by atoms with van der Waals surface area (Å²) >= 11 is 0. The monoisotopic (exact) mass is 505 g/mol. The molecule has 5 aromatic rings. The van der Waals surface area contributed by atoms with Gasteiger partial charge in [0, 0.05) is 30.0 Å². The molecule has 1 heterocycles. The quantitative estimate of drug-likeness (QED) is 0.231. The average Bonchev–Trinajstić information content (AvgIpc) is 2.94. The second-order valence-electron chi connectivity index (χ2n) is 8.72. The molecule has 7 heteroatoms. The van der Waals surface area contributed by atoms with Crippen molar-refractivity contribution in [2.24, 2.45) is 0 Å². The molecule has 190 valence electrons. The number of rotatable bonds is 10. The number of Topliss-reactive ketones (excluding diaryl/α,β-unsaturated/α-hetero) is 1. The predicted molar refractivity (Wildman–Crippen MR) is 148 cm³/mol. The van der Waals surface area contributed by atoms with Crippen molar-refractivity contribution in [2.45, 2.75) is 12.8 Å². The molecular weight excluding hydrogens is 478 g/mol. The normalized spacial score (nSPS) is 10.7. The van der Waals surface area contributed by atoms with Crippen molar-refractivity contribution in [2.75, 3.05) is 19.5 Å². The van der Waals surface area contributed by atoms with Crippen LogP contribution in [0.4, 0.5) is 11.5 Å². The molecule has 0 saturated heterocycles. The molecule has 0 saturated carbocycles. The second-order valence-corrected chi connectivity index (χ2v) is 8.72. The Balaban J connectivity index is 1.25. The first kappa shape index (κ1) is 24.8. The minimum absolute atomic E-state index is 0.164. The van der Waals surface area contributed by atoms with Gasteiger partial charge in [0.1, 0.15) is 29.4 Å². The van der Waals surface area contributed by atoms with Crippen LogP contribution in [-0.4, -0.2) is 30.0 Å². The molecule has 0 fully saturated rings. The van der Waals surface area contributed by atoms with Crippen molar-refractivity contribution in [3.05, 3.63) is 108 Å². The molecule has 0 atom stereocenters. The van der Waals surface area contributed by atoms with Gasteiger partial charge in [-0.3, -0.25) is 4.79 Å². The lowest BCUT2D eigenvalue weighted by Gasteiger charge is -2.12. The van der Waals surface area contributed by atoms with Crippen LogP contribution in [0.25, 0.3) is 10.9 Å². The molecule has 0 amide bonds. The van der Waals surface area contributed by atoms with E-state index in [1.165, 1.54) is 6.33 Å². The van der Waals surface area contributed by atoms with Gasteiger partial charge in [0.2, 0.25) is 0 Å². The first-order valence-corrected chi connectivity index (χ1v) is 12.2. The molecule has 0 radical (unpaired) electrons. The van der Waals surface area contributed by atoms with Crippen LogP contribution in [0.2, 0.25) is 0 Å².